The minimum Gasteiger partial charge on any atom is -0.325 e. The number of nitrogens with zero attached hydrogens (tertiary/aromatic N) is 3. The lowest BCUT2D eigenvalue weighted by atomic mass is 10.1. The maximum Gasteiger partial charge on any atom is 0.244 e. The van der Waals surface area contributed by atoms with E-state index in [1.165, 1.54) is 4.90 Å². The molecule has 150 valence electrons. The average Bonchev–Trinajstić information content (AvgIpc) is 2.85. The van der Waals surface area contributed by atoms with Gasteiger partial charge in [0.1, 0.15) is 12.2 Å². The number of pyridine rings is 1. The lowest BCUT2D eigenvalue weighted by molar-refractivity contribution is -0.120. The predicted molar refractivity (Wildman–Crippen MR) is 118 cm³/mol. The highest BCUT2D eigenvalue weighted by Gasteiger charge is 2.27. The second-order valence-corrected chi connectivity index (χ2v) is 7.35. The van der Waals surface area contributed by atoms with E-state index in [-0.39, 0.29) is 24.8 Å². The molecule has 2 heterocycles. The van der Waals surface area contributed by atoms with Gasteiger partial charge < -0.3 is 5.32 Å². The van der Waals surface area contributed by atoms with Gasteiger partial charge in [-0.2, -0.15) is 0 Å². The first-order chi connectivity index (χ1) is 14.5. The van der Waals surface area contributed by atoms with Gasteiger partial charge in [0.2, 0.25) is 11.8 Å². The zero-order chi connectivity index (χ0) is 21.1. The number of anilines is 2. The number of aromatic nitrogens is 1. The van der Waals surface area contributed by atoms with E-state index in [9.17, 15) is 9.59 Å². The summed E-state index contributed by atoms with van der Waals surface area (Å²) in [6.07, 6.45) is 1.70. The molecule has 3 aromatic rings. The molecule has 0 radical (unpaired) electrons. The number of carbonyl (C=O) groups is 2. The van der Waals surface area contributed by atoms with E-state index in [1.807, 2.05) is 62.4 Å². The summed E-state index contributed by atoms with van der Waals surface area (Å²) in [5.41, 5.74) is 4.94. The predicted octanol–water partition coefficient (Wildman–Crippen LogP) is 4.19. The number of amides is 2. The van der Waals surface area contributed by atoms with Crippen molar-refractivity contribution in [2.45, 2.75) is 20.3 Å². The molecule has 1 aliphatic heterocycles. The van der Waals surface area contributed by atoms with Gasteiger partial charge in [0.25, 0.3) is 0 Å². The Labute approximate surface area is 175 Å². The maximum absolute atomic E-state index is 13.1. The van der Waals surface area contributed by atoms with Crippen molar-refractivity contribution in [3.63, 3.8) is 0 Å². The average molecular weight is 398 g/mol. The van der Waals surface area contributed by atoms with Crippen LogP contribution in [0.3, 0.4) is 0 Å². The Kier molecular flexibility index (Phi) is 5.39. The molecule has 4 rings (SSSR count). The van der Waals surface area contributed by atoms with E-state index < -0.39 is 0 Å². The van der Waals surface area contributed by atoms with Crippen LogP contribution in [0.1, 0.15) is 23.1 Å². The number of aliphatic imine (C=N–C) groups is 1. The minimum absolute atomic E-state index is 0.0945. The molecule has 0 fully saturated rings. The molecule has 0 unspecified atom stereocenters. The second kappa shape index (κ2) is 8.29. The Bertz CT molecular complexity index is 1120. The van der Waals surface area contributed by atoms with Gasteiger partial charge in [-0.3, -0.25) is 14.5 Å². The van der Waals surface area contributed by atoms with Gasteiger partial charge in [-0.15, -0.1) is 0 Å². The summed E-state index contributed by atoms with van der Waals surface area (Å²) in [4.78, 5) is 36.3. The van der Waals surface area contributed by atoms with Gasteiger partial charge in [0.05, 0.1) is 12.1 Å². The normalized spacial score (nSPS) is 13.3. The van der Waals surface area contributed by atoms with Crippen LogP contribution in [0.15, 0.2) is 71.9 Å². The molecule has 1 aliphatic rings. The van der Waals surface area contributed by atoms with Crippen molar-refractivity contribution in [3.8, 4) is 0 Å². The fourth-order valence-corrected chi connectivity index (χ4v) is 3.58. The Balaban J connectivity index is 1.60. The summed E-state index contributed by atoms with van der Waals surface area (Å²) < 4.78 is 0. The summed E-state index contributed by atoms with van der Waals surface area (Å²) >= 11 is 0. The fraction of sp³-hybridized carbons (Fsp3) is 0.167. The van der Waals surface area contributed by atoms with Gasteiger partial charge >= 0.3 is 0 Å². The minimum atomic E-state index is -0.284. The van der Waals surface area contributed by atoms with E-state index in [1.54, 1.807) is 18.3 Å². The first-order valence-electron chi connectivity index (χ1n) is 9.76. The van der Waals surface area contributed by atoms with Gasteiger partial charge in [-0.1, -0.05) is 36.4 Å². The smallest absolute Gasteiger partial charge is 0.244 e. The van der Waals surface area contributed by atoms with Crippen LogP contribution in [-0.4, -0.2) is 29.1 Å². The van der Waals surface area contributed by atoms with Crippen LogP contribution in [0.4, 0.5) is 17.2 Å². The summed E-state index contributed by atoms with van der Waals surface area (Å²) in [5, 5.41) is 2.89. The van der Waals surface area contributed by atoms with E-state index >= 15 is 0 Å². The molecule has 2 aromatic carbocycles. The molecular weight excluding hydrogens is 376 g/mol. The third-order valence-electron chi connectivity index (χ3n) is 4.81. The standard InChI is InChI=1S/C24H22N4O2/c1-16-11-17(2)13-19(12-16)26-22(29)15-28-23(30)14-21(18-7-4-3-5-8-18)27-20-9-6-10-25-24(20)28/h3-13H,14-15H2,1-2H3,(H,26,29). The molecule has 0 spiro atoms. The molecule has 0 saturated heterocycles. The van der Waals surface area contributed by atoms with E-state index in [0.717, 1.165) is 16.7 Å². The molecule has 0 bridgehead atoms. The monoisotopic (exact) mass is 398 g/mol. The molecule has 0 aliphatic carbocycles. The van der Waals surface area contributed by atoms with Gasteiger partial charge in [0.15, 0.2) is 5.82 Å². The number of rotatable bonds is 4. The lowest BCUT2D eigenvalue weighted by Crippen LogP contribution is -2.39. The van der Waals surface area contributed by atoms with Crippen molar-refractivity contribution >= 4 is 34.7 Å². The number of benzene rings is 2. The second-order valence-electron chi connectivity index (χ2n) is 7.35. The van der Waals surface area contributed by atoms with Crippen LogP contribution < -0.4 is 10.2 Å². The molecule has 0 saturated carbocycles. The van der Waals surface area contributed by atoms with Crippen molar-refractivity contribution in [2.24, 2.45) is 4.99 Å². The Morgan fingerprint density at radius 2 is 1.77 bits per heavy atom. The van der Waals surface area contributed by atoms with Crippen LogP contribution in [0.5, 0.6) is 0 Å². The lowest BCUT2D eigenvalue weighted by Gasteiger charge is -2.20. The highest BCUT2D eigenvalue weighted by atomic mass is 16.2. The Morgan fingerprint density at radius 1 is 1.03 bits per heavy atom. The van der Waals surface area contributed by atoms with Crippen LogP contribution >= 0.6 is 0 Å². The van der Waals surface area contributed by atoms with Crippen molar-refractivity contribution < 1.29 is 9.59 Å². The van der Waals surface area contributed by atoms with Crippen molar-refractivity contribution in [2.75, 3.05) is 16.8 Å². The molecule has 6 heteroatoms. The Morgan fingerprint density at radius 3 is 2.50 bits per heavy atom. The maximum atomic E-state index is 13.1. The van der Waals surface area contributed by atoms with E-state index in [0.29, 0.717) is 22.9 Å². The molecule has 0 atom stereocenters. The van der Waals surface area contributed by atoms with Gasteiger partial charge in [-0.05, 0) is 54.8 Å². The third kappa shape index (κ3) is 4.27. The molecule has 2 amide bonds. The van der Waals surface area contributed by atoms with Crippen molar-refractivity contribution in [1.29, 1.82) is 0 Å². The van der Waals surface area contributed by atoms with Gasteiger partial charge in [-0.25, -0.2) is 9.98 Å². The Hall–Kier alpha value is -3.80. The molecule has 6 nitrogen and oxygen atoms in total. The van der Waals surface area contributed by atoms with Crippen LogP contribution in [0.2, 0.25) is 0 Å². The van der Waals surface area contributed by atoms with Crippen LogP contribution in [-0.2, 0) is 9.59 Å². The number of hydrogen-bond donors (Lipinski definition) is 1. The van der Waals surface area contributed by atoms with Crippen LogP contribution in [0, 0.1) is 13.8 Å². The summed E-state index contributed by atoms with van der Waals surface area (Å²) in [7, 11) is 0. The number of carbonyl (C=O) groups excluding carboxylic acids is 2. The highest BCUT2D eigenvalue weighted by Crippen LogP contribution is 2.30. The zero-order valence-electron chi connectivity index (χ0n) is 16.9. The number of hydrogen-bond acceptors (Lipinski definition) is 4. The molecule has 1 aromatic heterocycles. The fourth-order valence-electron chi connectivity index (χ4n) is 3.58. The first kappa shape index (κ1) is 19.5. The van der Waals surface area contributed by atoms with Crippen molar-refractivity contribution in [1.82, 2.24) is 4.98 Å². The summed E-state index contributed by atoms with van der Waals surface area (Å²) in [6, 6.07) is 19.0. The van der Waals surface area contributed by atoms with Crippen LogP contribution in [0.25, 0.3) is 0 Å². The third-order valence-corrected chi connectivity index (χ3v) is 4.81. The number of nitrogens with one attached hydrogen (secondary N) is 1. The SMILES string of the molecule is Cc1cc(C)cc(NC(=O)CN2C(=O)CC(c3ccccc3)=Nc3cccnc32)c1. The number of aryl methyl sites for hydroxylation is 2. The zero-order valence-corrected chi connectivity index (χ0v) is 16.9. The van der Waals surface area contributed by atoms with E-state index in [2.05, 4.69) is 15.3 Å². The first-order valence-corrected chi connectivity index (χ1v) is 9.76. The van der Waals surface area contributed by atoms with Gasteiger partial charge in [0, 0.05) is 11.9 Å². The molecule has 30 heavy (non-hydrogen) atoms. The van der Waals surface area contributed by atoms with E-state index in [4.69, 9.17) is 0 Å². The topological polar surface area (TPSA) is 74.7 Å². The van der Waals surface area contributed by atoms with Crippen molar-refractivity contribution in [3.05, 3.63) is 83.6 Å². The quantitative estimate of drug-likeness (QED) is 0.716. The summed E-state index contributed by atoms with van der Waals surface area (Å²) in [6.45, 7) is 3.82. The summed E-state index contributed by atoms with van der Waals surface area (Å²) in [5.74, 6) is -0.109. The molecule has 1 N–H and O–H groups in total. The number of fused-ring (bicyclic) bond motifs is 1. The highest BCUT2D eigenvalue weighted by molar-refractivity contribution is 6.18. The molecular formula is C24H22N4O2. The largest absolute Gasteiger partial charge is 0.325 e.